The van der Waals surface area contributed by atoms with Crippen molar-refractivity contribution in [3.05, 3.63) is 0 Å². The van der Waals surface area contributed by atoms with Crippen LogP contribution in [-0.4, -0.2) is 18.5 Å². The molecule has 5 heteroatoms. The lowest BCUT2D eigenvalue weighted by molar-refractivity contribution is -0.155. The molecular weight excluding hydrogens is 172 g/mol. The van der Waals surface area contributed by atoms with E-state index < -0.39 is 11.9 Å². The molecule has 0 aromatic carbocycles. The summed E-state index contributed by atoms with van der Waals surface area (Å²) in [6, 6.07) is 0. The second-order valence-electron chi connectivity index (χ2n) is 2.67. The molecule has 0 heterocycles. The Morgan fingerprint density at radius 3 is 2.54 bits per heavy atom. The molecule has 0 aliphatic rings. The average molecular weight is 188 g/mol. The van der Waals surface area contributed by atoms with E-state index in [-0.39, 0.29) is 6.61 Å². The van der Waals surface area contributed by atoms with Crippen molar-refractivity contribution in [2.45, 2.75) is 32.6 Å². The largest absolute Gasteiger partial charge is 0.459 e. The summed E-state index contributed by atoms with van der Waals surface area (Å²) in [6.45, 7) is 2.38. The van der Waals surface area contributed by atoms with Gasteiger partial charge in [-0.2, -0.15) is 0 Å². The number of rotatable bonds is 5. The minimum atomic E-state index is -0.918. The van der Waals surface area contributed by atoms with Crippen molar-refractivity contribution in [3.8, 4) is 0 Å². The average Bonchev–Trinajstić information content (AvgIpc) is 2.16. The Morgan fingerprint density at radius 1 is 1.31 bits per heavy atom. The maximum atomic E-state index is 10.7. The van der Waals surface area contributed by atoms with Gasteiger partial charge in [0.25, 0.3) is 0 Å². The fourth-order valence-corrected chi connectivity index (χ4v) is 0.818. The molecule has 0 spiro atoms. The summed E-state index contributed by atoms with van der Waals surface area (Å²) in [5, 5.41) is 0. The van der Waals surface area contributed by atoms with E-state index >= 15 is 0 Å². The Labute approximate surface area is 77.6 Å². The van der Waals surface area contributed by atoms with Crippen LogP contribution in [0.4, 0.5) is 0 Å². The second-order valence-corrected chi connectivity index (χ2v) is 2.67. The Bertz CT molecular complexity index is 171. The van der Waals surface area contributed by atoms with Crippen LogP contribution in [0.25, 0.3) is 0 Å². The van der Waals surface area contributed by atoms with Gasteiger partial charge in [-0.25, -0.2) is 10.6 Å². The van der Waals surface area contributed by atoms with Gasteiger partial charge in [0.2, 0.25) is 0 Å². The van der Waals surface area contributed by atoms with E-state index in [0.717, 1.165) is 25.7 Å². The predicted molar refractivity (Wildman–Crippen MR) is 47.4 cm³/mol. The van der Waals surface area contributed by atoms with Crippen molar-refractivity contribution in [3.63, 3.8) is 0 Å². The lowest BCUT2D eigenvalue weighted by atomic mass is 10.2. The molecule has 0 unspecified atom stereocenters. The first kappa shape index (κ1) is 11.9. The molecule has 5 nitrogen and oxygen atoms in total. The van der Waals surface area contributed by atoms with Gasteiger partial charge in [0.05, 0.1) is 6.61 Å². The standard InChI is InChI=1S/C8H16N2O3/c1-2-3-4-5-6-13-8(12)7(11)10-9/h2-6,9H2,1H3,(H,10,11). The van der Waals surface area contributed by atoms with Gasteiger partial charge in [0.1, 0.15) is 0 Å². The third kappa shape index (κ3) is 6.10. The third-order valence-corrected chi connectivity index (χ3v) is 1.55. The number of amides is 1. The molecule has 0 saturated heterocycles. The Morgan fingerprint density at radius 2 is 2.00 bits per heavy atom. The highest BCUT2D eigenvalue weighted by Gasteiger charge is 2.12. The van der Waals surface area contributed by atoms with E-state index in [2.05, 4.69) is 11.7 Å². The van der Waals surface area contributed by atoms with Crippen LogP contribution >= 0.6 is 0 Å². The van der Waals surface area contributed by atoms with Crippen LogP contribution in [0.3, 0.4) is 0 Å². The van der Waals surface area contributed by atoms with E-state index in [1.807, 2.05) is 0 Å². The highest BCUT2D eigenvalue weighted by Crippen LogP contribution is 1.98. The molecule has 0 radical (unpaired) electrons. The summed E-state index contributed by atoms with van der Waals surface area (Å²) in [7, 11) is 0. The fourth-order valence-electron chi connectivity index (χ4n) is 0.818. The first-order valence-electron chi connectivity index (χ1n) is 4.40. The van der Waals surface area contributed by atoms with Gasteiger partial charge >= 0.3 is 11.9 Å². The summed E-state index contributed by atoms with van der Waals surface area (Å²) >= 11 is 0. The predicted octanol–water partition coefficient (Wildman–Crippen LogP) is 0.0998. The lowest BCUT2D eigenvalue weighted by Crippen LogP contribution is -2.37. The van der Waals surface area contributed by atoms with Crippen LogP contribution in [0, 0.1) is 0 Å². The van der Waals surface area contributed by atoms with Crippen LogP contribution in [0.5, 0.6) is 0 Å². The van der Waals surface area contributed by atoms with Crippen LogP contribution in [0.15, 0.2) is 0 Å². The van der Waals surface area contributed by atoms with E-state index in [1.165, 1.54) is 0 Å². The molecule has 0 aliphatic carbocycles. The lowest BCUT2D eigenvalue weighted by Gasteiger charge is -2.02. The van der Waals surface area contributed by atoms with E-state index in [0.29, 0.717) is 0 Å². The van der Waals surface area contributed by atoms with E-state index in [9.17, 15) is 9.59 Å². The normalized spacial score (nSPS) is 9.38. The zero-order valence-electron chi connectivity index (χ0n) is 7.84. The van der Waals surface area contributed by atoms with Crippen LogP contribution in [0.2, 0.25) is 0 Å². The molecule has 1 amide bonds. The minimum Gasteiger partial charge on any atom is -0.459 e. The Balaban J connectivity index is 3.32. The Hall–Kier alpha value is -1.10. The highest BCUT2D eigenvalue weighted by molar-refractivity contribution is 6.32. The van der Waals surface area contributed by atoms with Gasteiger partial charge in [-0.1, -0.05) is 26.2 Å². The fraction of sp³-hybridized carbons (Fsp3) is 0.750. The van der Waals surface area contributed by atoms with Crippen molar-refractivity contribution < 1.29 is 14.3 Å². The molecule has 3 N–H and O–H groups in total. The molecule has 13 heavy (non-hydrogen) atoms. The SMILES string of the molecule is CCCCCCOC(=O)C(=O)NN. The van der Waals surface area contributed by atoms with Crippen LogP contribution < -0.4 is 11.3 Å². The van der Waals surface area contributed by atoms with Crippen molar-refractivity contribution in [2.24, 2.45) is 5.84 Å². The highest BCUT2D eigenvalue weighted by atomic mass is 16.5. The molecule has 0 rings (SSSR count). The number of hydrazine groups is 1. The van der Waals surface area contributed by atoms with E-state index in [1.54, 1.807) is 5.43 Å². The smallest absolute Gasteiger partial charge is 0.398 e. The number of ether oxygens (including phenoxy) is 1. The van der Waals surface area contributed by atoms with Crippen molar-refractivity contribution in [1.82, 2.24) is 5.43 Å². The number of nitrogens with one attached hydrogen (secondary N) is 1. The van der Waals surface area contributed by atoms with Gasteiger partial charge in [-0.3, -0.25) is 10.2 Å². The van der Waals surface area contributed by atoms with Crippen LogP contribution in [-0.2, 0) is 14.3 Å². The van der Waals surface area contributed by atoms with Gasteiger partial charge < -0.3 is 4.74 Å². The molecule has 0 aromatic heterocycles. The summed E-state index contributed by atoms with van der Waals surface area (Å²) in [5.41, 5.74) is 1.70. The monoisotopic (exact) mass is 188 g/mol. The number of esters is 1. The first-order valence-corrected chi connectivity index (χ1v) is 4.40. The number of hydrogen-bond donors (Lipinski definition) is 2. The zero-order chi connectivity index (χ0) is 10.1. The van der Waals surface area contributed by atoms with Gasteiger partial charge in [-0.05, 0) is 6.42 Å². The topological polar surface area (TPSA) is 81.4 Å². The van der Waals surface area contributed by atoms with E-state index in [4.69, 9.17) is 5.84 Å². The minimum absolute atomic E-state index is 0.284. The molecule has 0 saturated carbocycles. The van der Waals surface area contributed by atoms with Crippen molar-refractivity contribution in [1.29, 1.82) is 0 Å². The summed E-state index contributed by atoms with van der Waals surface area (Å²) in [5.74, 6) is 2.90. The summed E-state index contributed by atoms with van der Waals surface area (Å²) in [6.07, 6.45) is 4.03. The third-order valence-electron chi connectivity index (χ3n) is 1.55. The summed E-state index contributed by atoms with van der Waals surface area (Å²) < 4.78 is 4.61. The maximum absolute atomic E-state index is 10.7. The van der Waals surface area contributed by atoms with Gasteiger partial charge in [0.15, 0.2) is 0 Å². The number of nitrogens with two attached hydrogens (primary N) is 1. The quantitative estimate of drug-likeness (QED) is 0.160. The number of carbonyl (C=O) groups excluding carboxylic acids is 2. The summed E-state index contributed by atoms with van der Waals surface area (Å²) in [4.78, 5) is 21.2. The van der Waals surface area contributed by atoms with Crippen LogP contribution in [0.1, 0.15) is 32.6 Å². The molecule has 76 valence electrons. The Kier molecular flexibility index (Phi) is 6.91. The van der Waals surface area contributed by atoms with Gasteiger partial charge in [0, 0.05) is 0 Å². The molecule has 0 fully saturated rings. The second kappa shape index (κ2) is 7.54. The van der Waals surface area contributed by atoms with Gasteiger partial charge in [-0.15, -0.1) is 0 Å². The van der Waals surface area contributed by atoms with Crippen molar-refractivity contribution in [2.75, 3.05) is 6.61 Å². The molecule has 0 atom stereocenters. The number of carbonyl (C=O) groups is 2. The molecule has 0 aliphatic heterocycles. The number of hydrogen-bond acceptors (Lipinski definition) is 4. The van der Waals surface area contributed by atoms with Crippen molar-refractivity contribution >= 4 is 11.9 Å². The molecule has 0 bridgehead atoms. The molecular formula is C8H16N2O3. The first-order chi connectivity index (χ1) is 6.22. The maximum Gasteiger partial charge on any atom is 0.398 e. The molecule has 0 aromatic rings. The number of unbranched alkanes of at least 4 members (excludes halogenated alkanes) is 3. The zero-order valence-corrected chi connectivity index (χ0v) is 7.84.